The van der Waals surface area contributed by atoms with Crippen molar-refractivity contribution in [3.8, 4) is 5.75 Å². The molecule has 0 atom stereocenters. The summed E-state index contributed by atoms with van der Waals surface area (Å²) >= 11 is 3.32. The van der Waals surface area contributed by atoms with Crippen molar-refractivity contribution in [2.24, 2.45) is 5.41 Å². The number of carbonyl (C=O) groups is 1. The summed E-state index contributed by atoms with van der Waals surface area (Å²) in [6.45, 7) is 8.44. The van der Waals surface area contributed by atoms with Crippen LogP contribution in [0.2, 0.25) is 0 Å². The number of hydrogen-bond acceptors (Lipinski definition) is 5. The molecule has 0 unspecified atom stereocenters. The number of allylic oxidation sites excluding steroid dienone is 2. The second kappa shape index (κ2) is 7.52. The summed E-state index contributed by atoms with van der Waals surface area (Å²) in [6, 6.07) is 5.14. The quantitative estimate of drug-likeness (QED) is 0.375. The van der Waals surface area contributed by atoms with Crippen molar-refractivity contribution in [3.05, 3.63) is 39.6 Å². The van der Waals surface area contributed by atoms with Crippen molar-refractivity contribution in [1.29, 1.82) is 0 Å². The summed E-state index contributed by atoms with van der Waals surface area (Å²) < 4.78 is 30.5. The van der Waals surface area contributed by atoms with Crippen LogP contribution in [0.3, 0.4) is 0 Å². The van der Waals surface area contributed by atoms with Gasteiger partial charge in [0, 0.05) is 9.89 Å². The first-order valence-electron chi connectivity index (χ1n) is 7.61. The van der Waals surface area contributed by atoms with Gasteiger partial charge < -0.3 is 13.8 Å². The molecule has 0 spiro atoms. The highest BCUT2D eigenvalue weighted by molar-refractivity contribution is 9.10. The highest BCUT2D eigenvalue weighted by Gasteiger charge is 2.37. The normalized spacial score (nSPS) is 18.7. The zero-order valence-corrected chi connectivity index (χ0v) is 16.8. The Labute approximate surface area is 151 Å². The molecule has 2 rings (SSSR count). The van der Waals surface area contributed by atoms with Crippen molar-refractivity contribution < 1.29 is 23.1 Å². The van der Waals surface area contributed by atoms with Crippen LogP contribution in [0.15, 0.2) is 34.0 Å². The van der Waals surface area contributed by atoms with Crippen LogP contribution in [0, 0.1) is 5.41 Å². The number of hydrogen-bond donors (Lipinski definition) is 0. The number of halogens is 1. The minimum atomic E-state index is -3.25. The second-order valence-corrected chi connectivity index (χ2v) is 9.78. The zero-order valence-electron chi connectivity index (χ0n) is 14.3. The molecular weight excluding hydrogens is 395 g/mol. The van der Waals surface area contributed by atoms with Crippen LogP contribution < -0.4 is 4.74 Å². The Morgan fingerprint density at radius 2 is 1.96 bits per heavy atom. The van der Waals surface area contributed by atoms with Gasteiger partial charge in [-0.3, -0.25) is 9.36 Å². The van der Waals surface area contributed by atoms with Crippen molar-refractivity contribution in [2.45, 2.75) is 27.7 Å². The van der Waals surface area contributed by atoms with Crippen molar-refractivity contribution in [2.75, 3.05) is 19.4 Å². The molecule has 1 aromatic rings. The lowest BCUT2D eigenvalue weighted by atomic mass is 9.97. The average Bonchev–Trinajstić information content (AvgIpc) is 2.51. The molecule has 1 aromatic carbocycles. The maximum atomic E-state index is 12.8. The fraction of sp³-hybridized carbons (Fsp3) is 0.471. The van der Waals surface area contributed by atoms with Crippen LogP contribution in [-0.4, -0.2) is 25.7 Å². The molecule has 0 amide bonds. The molecule has 0 aliphatic carbocycles. The van der Waals surface area contributed by atoms with Crippen LogP contribution in [0.1, 0.15) is 38.1 Å². The van der Waals surface area contributed by atoms with Crippen LogP contribution in [0.25, 0.3) is 0 Å². The lowest BCUT2D eigenvalue weighted by Gasteiger charge is -2.34. The molecule has 132 valence electrons. The first-order chi connectivity index (χ1) is 11.1. The summed E-state index contributed by atoms with van der Waals surface area (Å²) in [5.74, 6) is 0.900. The predicted octanol–water partition coefficient (Wildman–Crippen LogP) is 5.20. The van der Waals surface area contributed by atoms with Gasteiger partial charge in [-0.15, -0.1) is 0 Å². The van der Waals surface area contributed by atoms with Gasteiger partial charge in [-0.2, -0.15) is 0 Å². The molecule has 5 nitrogen and oxygen atoms in total. The largest absolute Gasteiger partial charge is 0.460 e. The van der Waals surface area contributed by atoms with Gasteiger partial charge in [-0.05, 0) is 37.6 Å². The van der Waals surface area contributed by atoms with Crippen LogP contribution in [0.4, 0.5) is 0 Å². The molecule has 1 saturated heterocycles. The molecule has 0 N–H and O–H groups in total. The lowest BCUT2D eigenvalue weighted by molar-refractivity contribution is 0.0416. The second-order valence-electron chi connectivity index (χ2n) is 6.81. The molecule has 0 bridgehead atoms. The fourth-order valence-corrected chi connectivity index (χ4v) is 4.48. The van der Waals surface area contributed by atoms with Gasteiger partial charge in [0.15, 0.2) is 6.29 Å². The summed E-state index contributed by atoms with van der Waals surface area (Å²) in [5, 5.41) is 0. The molecule has 24 heavy (non-hydrogen) atoms. The van der Waals surface area contributed by atoms with E-state index in [0.717, 1.165) is 16.3 Å². The standard InChI is InChI=1S/C17H22BrO5P/c1-12(2)16(9-24(20)21-10-17(3,4)11-22-24)23-15-6-5-14(18)7-13(15)8-19/h5-8H,9-11H2,1-4H3. The van der Waals surface area contributed by atoms with Gasteiger partial charge in [-0.1, -0.05) is 29.8 Å². The van der Waals surface area contributed by atoms with Crippen LogP contribution >= 0.6 is 23.5 Å². The van der Waals surface area contributed by atoms with Crippen molar-refractivity contribution in [1.82, 2.24) is 0 Å². The third-order valence-electron chi connectivity index (χ3n) is 3.53. The van der Waals surface area contributed by atoms with Gasteiger partial charge in [0.2, 0.25) is 0 Å². The van der Waals surface area contributed by atoms with Gasteiger partial charge in [0.05, 0.1) is 18.8 Å². The third-order valence-corrected chi connectivity index (χ3v) is 5.74. The van der Waals surface area contributed by atoms with Crippen molar-refractivity contribution in [3.63, 3.8) is 0 Å². The number of aldehydes is 1. The van der Waals surface area contributed by atoms with Crippen LogP contribution in [0.5, 0.6) is 5.75 Å². The number of carbonyl (C=O) groups excluding carboxylic acids is 1. The molecule has 0 aromatic heterocycles. The van der Waals surface area contributed by atoms with E-state index >= 15 is 0 Å². The molecule has 1 aliphatic rings. The topological polar surface area (TPSA) is 61.8 Å². The Kier molecular flexibility index (Phi) is 6.08. The summed E-state index contributed by atoms with van der Waals surface area (Å²) in [7, 11) is -3.25. The Bertz CT molecular complexity index is 693. The Hall–Kier alpha value is -0.940. The zero-order chi connectivity index (χ0) is 18.0. The smallest absolute Gasteiger partial charge is 0.338 e. The fourth-order valence-electron chi connectivity index (χ4n) is 2.02. The molecule has 7 heteroatoms. The van der Waals surface area contributed by atoms with E-state index in [1.54, 1.807) is 18.2 Å². The molecule has 1 heterocycles. The predicted molar refractivity (Wildman–Crippen MR) is 96.7 cm³/mol. The van der Waals surface area contributed by atoms with E-state index in [9.17, 15) is 9.36 Å². The number of ether oxygens (including phenoxy) is 1. The Morgan fingerprint density at radius 3 is 2.50 bits per heavy atom. The SMILES string of the molecule is CC(C)=C(CP1(=O)OCC(C)(C)CO1)Oc1ccc(Br)cc1C=O. The van der Waals surface area contributed by atoms with E-state index in [2.05, 4.69) is 15.9 Å². The first-order valence-corrected chi connectivity index (χ1v) is 10.1. The van der Waals surface area contributed by atoms with Gasteiger partial charge in [0.1, 0.15) is 17.7 Å². The van der Waals surface area contributed by atoms with E-state index in [4.69, 9.17) is 13.8 Å². The molecular formula is C17H22BrO5P. The minimum absolute atomic E-state index is 0.0414. The number of benzene rings is 1. The van der Waals surface area contributed by atoms with Gasteiger partial charge in [-0.25, -0.2) is 0 Å². The van der Waals surface area contributed by atoms with E-state index in [1.807, 2.05) is 27.7 Å². The maximum absolute atomic E-state index is 12.8. The minimum Gasteiger partial charge on any atom is -0.460 e. The Balaban J connectivity index is 2.19. The maximum Gasteiger partial charge on any atom is 0.338 e. The van der Waals surface area contributed by atoms with E-state index < -0.39 is 7.60 Å². The monoisotopic (exact) mass is 416 g/mol. The van der Waals surface area contributed by atoms with Gasteiger partial charge >= 0.3 is 7.60 Å². The average molecular weight is 417 g/mol. The summed E-state index contributed by atoms with van der Waals surface area (Å²) in [4.78, 5) is 11.2. The first kappa shape index (κ1) is 19.4. The Morgan fingerprint density at radius 1 is 1.33 bits per heavy atom. The molecule has 0 radical (unpaired) electrons. The molecule has 1 aliphatic heterocycles. The highest BCUT2D eigenvalue weighted by atomic mass is 79.9. The van der Waals surface area contributed by atoms with E-state index in [-0.39, 0.29) is 11.6 Å². The van der Waals surface area contributed by atoms with Crippen molar-refractivity contribution >= 4 is 29.8 Å². The molecule has 1 fully saturated rings. The summed E-state index contributed by atoms with van der Waals surface area (Å²) in [6.07, 6.45) is 0.765. The van der Waals surface area contributed by atoms with Gasteiger partial charge in [0.25, 0.3) is 0 Å². The highest BCUT2D eigenvalue weighted by Crippen LogP contribution is 2.55. The van der Waals surface area contributed by atoms with E-state index in [1.165, 1.54) is 0 Å². The third kappa shape index (κ3) is 5.03. The molecule has 0 saturated carbocycles. The van der Waals surface area contributed by atoms with E-state index in [0.29, 0.717) is 30.3 Å². The lowest BCUT2D eigenvalue weighted by Crippen LogP contribution is -2.30. The number of rotatable bonds is 5. The summed E-state index contributed by atoms with van der Waals surface area (Å²) in [5.41, 5.74) is 1.10. The van der Waals surface area contributed by atoms with Crippen LogP contribution in [-0.2, 0) is 13.6 Å².